The monoisotopic (exact) mass is 385 g/mol. The fourth-order valence-electron chi connectivity index (χ4n) is 3.13. The number of benzene rings is 1. The molecular weight excluding hydrogens is 358 g/mol. The number of nitrogens with one attached hydrogen (secondary N) is 1. The molecule has 1 atom stereocenters. The molecule has 6 nitrogen and oxygen atoms in total. The lowest BCUT2D eigenvalue weighted by atomic mass is 10.0. The molecule has 2 heterocycles. The van der Waals surface area contributed by atoms with E-state index in [4.69, 9.17) is 10.7 Å². The molecule has 0 aliphatic heterocycles. The topological polar surface area (TPSA) is 97.0 Å². The van der Waals surface area contributed by atoms with Crippen molar-refractivity contribution < 1.29 is 5.11 Å². The Morgan fingerprint density at radius 2 is 1.89 bits per heavy atom. The van der Waals surface area contributed by atoms with E-state index in [9.17, 15) is 5.11 Å². The van der Waals surface area contributed by atoms with E-state index in [2.05, 4.69) is 53.4 Å². The maximum absolute atomic E-state index is 9.71. The smallest absolute Gasteiger partial charge is 0.182 e. The van der Waals surface area contributed by atoms with Gasteiger partial charge in [0.1, 0.15) is 16.3 Å². The van der Waals surface area contributed by atoms with Crippen molar-refractivity contribution >= 4 is 32.6 Å². The van der Waals surface area contributed by atoms with Crippen molar-refractivity contribution in [1.29, 1.82) is 0 Å². The van der Waals surface area contributed by atoms with Crippen LogP contribution in [0.25, 0.3) is 10.3 Å². The Balaban J connectivity index is 1.77. The largest absolute Gasteiger partial charge is 0.394 e. The summed E-state index contributed by atoms with van der Waals surface area (Å²) < 4.78 is 0.849. The molecule has 0 radical (unpaired) electrons. The molecule has 0 aliphatic rings. The Kier molecular flexibility index (Phi) is 6.58. The number of aliphatic hydroxyl groups is 1. The first-order valence-electron chi connectivity index (χ1n) is 9.39. The van der Waals surface area contributed by atoms with Crippen LogP contribution in [0.15, 0.2) is 30.3 Å². The SMILES string of the molecule is CC(C)C[C@H](CO)Nc1nc(CCCc2ccccc2)nc2nc(N)sc12. The van der Waals surface area contributed by atoms with Crippen molar-refractivity contribution in [3.8, 4) is 0 Å². The maximum atomic E-state index is 9.71. The molecule has 0 aliphatic carbocycles. The molecule has 27 heavy (non-hydrogen) atoms. The average molecular weight is 386 g/mol. The van der Waals surface area contributed by atoms with Gasteiger partial charge in [0.2, 0.25) is 0 Å². The molecule has 0 amide bonds. The van der Waals surface area contributed by atoms with Gasteiger partial charge in [-0.2, -0.15) is 0 Å². The van der Waals surface area contributed by atoms with Crippen LogP contribution in [-0.4, -0.2) is 32.7 Å². The van der Waals surface area contributed by atoms with Crippen molar-refractivity contribution in [3.05, 3.63) is 41.7 Å². The van der Waals surface area contributed by atoms with Crippen molar-refractivity contribution in [2.75, 3.05) is 17.7 Å². The average Bonchev–Trinajstić information content (AvgIpc) is 3.02. The standard InChI is InChI=1S/C20H27N5OS/c1-13(2)11-15(12-26)22-18-17-19(25-20(21)27-17)24-16(23-18)10-6-9-14-7-4-3-5-8-14/h3-5,7-8,13,15,26H,6,9-12H2,1-2H3,(H3,21,22,23,24,25)/t15-/m1/s1. The lowest BCUT2D eigenvalue weighted by molar-refractivity contribution is 0.259. The van der Waals surface area contributed by atoms with E-state index in [0.717, 1.165) is 42.0 Å². The van der Waals surface area contributed by atoms with Gasteiger partial charge >= 0.3 is 0 Å². The molecule has 1 aromatic carbocycles. The van der Waals surface area contributed by atoms with Crippen LogP contribution in [0.3, 0.4) is 0 Å². The molecule has 0 unspecified atom stereocenters. The fourth-order valence-corrected chi connectivity index (χ4v) is 3.86. The molecule has 0 saturated heterocycles. The molecule has 7 heteroatoms. The number of hydrogen-bond donors (Lipinski definition) is 3. The molecule has 2 aromatic heterocycles. The Hall–Kier alpha value is -2.25. The van der Waals surface area contributed by atoms with Crippen molar-refractivity contribution in [3.63, 3.8) is 0 Å². The highest BCUT2D eigenvalue weighted by molar-refractivity contribution is 7.22. The van der Waals surface area contributed by atoms with Crippen LogP contribution in [0.4, 0.5) is 10.9 Å². The van der Waals surface area contributed by atoms with E-state index >= 15 is 0 Å². The Morgan fingerprint density at radius 3 is 2.59 bits per heavy atom. The summed E-state index contributed by atoms with van der Waals surface area (Å²) in [6.07, 6.45) is 3.57. The number of aromatic nitrogens is 3. The first-order valence-corrected chi connectivity index (χ1v) is 10.2. The first kappa shape index (κ1) is 19.5. The molecule has 0 fully saturated rings. The van der Waals surface area contributed by atoms with E-state index in [1.54, 1.807) is 0 Å². The second kappa shape index (κ2) is 9.10. The minimum atomic E-state index is -0.0522. The van der Waals surface area contributed by atoms with Crippen LogP contribution < -0.4 is 11.1 Å². The van der Waals surface area contributed by atoms with Gasteiger partial charge in [-0.1, -0.05) is 55.5 Å². The van der Waals surface area contributed by atoms with Gasteiger partial charge in [0.15, 0.2) is 10.8 Å². The summed E-state index contributed by atoms with van der Waals surface area (Å²) in [5.74, 6) is 1.96. The first-order chi connectivity index (χ1) is 13.0. The number of anilines is 2. The van der Waals surface area contributed by atoms with Crippen LogP contribution >= 0.6 is 11.3 Å². The number of hydrogen-bond acceptors (Lipinski definition) is 7. The molecule has 3 aromatic rings. The van der Waals surface area contributed by atoms with Gasteiger partial charge in [-0.05, 0) is 30.7 Å². The highest BCUT2D eigenvalue weighted by Gasteiger charge is 2.16. The zero-order valence-electron chi connectivity index (χ0n) is 15.9. The second-order valence-electron chi connectivity index (χ2n) is 7.19. The quantitative estimate of drug-likeness (QED) is 0.520. The van der Waals surface area contributed by atoms with E-state index in [1.165, 1.54) is 16.9 Å². The van der Waals surface area contributed by atoms with Gasteiger partial charge in [0.05, 0.1) is 12.6 Å². The number of thiazole rings is 1. The molecule has 0 bridgehead atoms. The summed E-state index contributed by atoms with van der Waals surface area (Å²) in [5, 5.41) is 13.6. The normalized spacial score (nSPS) is 12.6. The molecular formula is C20H27N5OS. The lowest BCUT2D eigenvalue weighted by Gasteiger charge is -2.19. The van der Waals surface area contributed by atoms with E-state index < -0.39 is 0 Å². The lowest BCUT2D eigenvalue weighted by Crippen LogP contribution is -2.26. The number of fused-ring (bicyclic) bond motifs is 1. The Labute approximate surface area is 163 Å². The number of aryl methyl sites for hydroxylation is 2. The summed E-state index contributed by atoms with van der Waals surface area (Å²) in [6.45, 7) is 4.33. The van der Waals surface area contributed by atoms with E-state index in [1.807, 2.05) is 6.07 Å². The predicted molar refractivity (Wildman–Crippen MR) is 112 cm³/mol. The second-order valence-corrected chi connectivity index (χ2v) is 8.22. The number of rotatable bonds is 9. The molecule has 144 valence electrons. The minimum Gasteiger partial charge on any atom is -0.394 e. The third-order valence-electron chi connectivity index (χ3n) is 4.34. The predicted octanol–water partition coefficient (Wildman–Crippen LogP) is 3.66. The highest BCUT2D eigenvalue weighted by Crippen LogP contribution is 2.29. The van der Waals surface area contributed by atoms with Crippen molar-refractivity contribution in [2.24, 2.45) is 5.92 Å². The number of nitrogens with two attached hydrogens (primary N) is 1. The van der Waals surface area contributed by atoms with Gasteiger partial charge in [0, 0.05) is 6.42 Å². The zero-order valence-corrected chi connectivity index (χ0v) is 16.7. The molecule has 0 spiro atoms. The summed E-state index contributed by atoms with van der Waals surface area (Å²) in [6, 6.07) is 10.4. The Bertz CT molecular complexity index is 865. The van der Waals surface area contributed by atoms with Gasteiger partial charge in [-0.3, -0.25) is 0 Å². The van der Waals surface area contributed by atoms with Crippen LogP contribution in [0, 0.1) is 5.92 Å². The molecule has 0 saturated carbocycles. The highest BCUT2D eigenvalue weighted by atomic mass is 32.1. The molecule has 4 N–H and O–H groups in total. The zero-order chi connectivity index (χ0) is 19.2. The Morgan fingerprint density at radius 1 is 1.11 bits per heavy atom. The van der Waals surface area contributed by atoms with E-state index in [0.29, 0.717) is 16.7 Å². The third-order valence-corrected chi connectivity index (χ3v) is 5.22. The summed E-state index contributed by atoms with van der Waals surface area (Å²) in [7, 11) is 0. The van der Waals surface area contributed by atoms with E-state index in [-0.39, 0.29) is 12.6 Å². The summed E-state index contributed by atoms with van der Waals surface area (Å²) in [5.41, 5.74) is 7.83. The summed E-state index contributed by atoms with van der Waals surface area (Å²) in [4.78, 5) is 13.6. The van der Waals surface area contributed by atoms with Crippen LogP contribution in [0.5, 0.6) is 0 Å². The summed E-state index contributed by atoms with van der Waals surface area (Å²) >= 11 is 1.38. The minimum absolute atomic E-state index is 0.0522. The molecule has 3 rings (SSSR count). The van der Waals surface area contributed by atoms with Crippen LogP contribution in [0.2, 0.25) is 0 Å². The number of aliphatic hydroxyl groups excluding tert-OH is 1. The van der Waals surface area contributed by atoms with Gasteiger partial charge in [0.25, 0.3) is 0 Å². The van der Waals surface area contributed by atoms with Crippen LogP contribution in [-0.2, 0) is 12.8 Å². The van der Waals surface area contributed by atoms with Crippen LogP contribution in [0.1, 0.15) is 38.1 Å². The van der Waals surface area contributed by atoms with Gasteiger partial charge in [-0.25, -0.2) is 15.0 Å². The maximum Gasteiger partial charge on any atom is 0.182 e. The third kappa shape index (κ3) is 5.37. The fraction of sp³-hybridized carbons (Fsp3) is 0.450. The number of nitrogen functional groups attached to an aromatic ring is 1. The van der Waals surface area contributed by atoms with Gasteiger partial charge in [-0.15, -0.1) is 0 Å². The number of nitrogens with zero attached hydrogens (tertiary/aromatic N) is 3. The van der Waals surface area contributed by atoms with Crippen molar-refractivity contribution in [2.45, 2.75) is 45.6 Å². The van der Waals surface area contributed by atoms with Gasteiger partial charge < -0.3 is 16.2 Å². The van der Waals surface area contributed by atoms with Crippen molar-refractivity contribution in [1.82, 2.24) is 15.0 Å².